The molecule has 2 heterocycles. The van der Waals surface area contributed by atoms with Crippen LogP contribution in [0.3, 0.4) is 0 Å². The van der Waals surface area contributed by atoms with Crippen molar-refractivity contribution >= 4 is 41.6 Å². The van der Waals surface area contributed by atoms with Crippen molar-refractivity contribution in [2.24, 2.45) is 0 Å². The van der Waals surface area contributed by atoms with Gasteiger partial charge in [0.25, 0.3) is 0 Å². The van der Waals surface area contributed by atoms with Crippen molar-refractivity contribution in [1.82, 2.24) is 19.3 Å². The Morgan fingerprint density at radius 1 is 1.12 bits per heavy atom. The number of fused-ring (bicyclic) bond motifs is 1. The van der Waals surface area contributed by atoms with Gasteiger partial charge in [0.1, 0.15) is 11.3 Å². The van der Waals surface area contributed by atoms with Crippen molar-refractivity contribution in [2.45, 2.75) is 13.3 Å². The van der Waals surface area contributed by atoms with Crippen LogP contribution in [0.15, 0.2) is 48.7 Å². The predicted molar refractivity (Wildman–Crippen MR) is 106 cm³/mol. The van der Waals surface area contributed by atoms with Gasteiger partial charge in [-0.25, -0.2) is 19.7 Å². The number of carbonyl (C=O) groups is 1. The van der Waals surface area contributed by atoms with Gasteiger partial charge < -0.3 is 5.32 Å². The summed E-state index contributed by atoms with van der Waals surface area (Å²) in [6.07, 6.45) is 2.40. The number of nitrogens with zero attached hydrogens (tertiary/aromatic N) is 4. The molecule has 0 aliphatic rings. The average Bonchev–Trinajstić information content (AvgIpc) is 2.68. The molecule has 3 aromatic rings. The molecule has 0 fully saturated rings. The van der Waals surface area contributed by atoms with Crippen LogP contribution in [-0.4, -0.2) is 38.4 Å². The minimum atomic E-state index is -0.360. The van der Waals surface area contributed by atoms with Gasteiger partial charge in [-0.2, -0.15) is 0 Å². The monoisotopic (exact) mass is 368 g/mol. The summed E-state index contributed by atoms with van der Waals surface area (Å²) >= 11 is 4.06. The number of rotatable bonds is 6. The third-order valence-corrected chi connectivity index (χ3v) is 4.20. The molecule has 8 heteroatoms. The minimum absolute atomic E-state index is 0.337. The van der Waals surface area contributed by atoms with Gasteiger partial charge in [0.05, 0.1) is 6.20 Å². The van der Waals surface area contributed by atoms with E-state index in [0.29, 0.717) is 23.5 Å². The first kappa shape index (κ1) is 17.9. The normalized spacial score (nSPS) is 10.5. The molecular weight excluding hydrogens is 348 g/mol. The van der Waals surface area contributed by atoms with E-state index < -0.39 is 0 Å². The Hall–Kier alpha value is -2.87. The maximum Gasteiger partial charge on any atom is 0.332 e. The molecule has 7 nitrogen and oxygen atoms in total. The molecule has 0 saturated heterocycles. The van der Waals surface area contributed by atoms with Gasteiger partial charge in [-0.3, -0.25) is 9.62 Å². The standard InChI is InChI=1S/C18H20N6OS/c1-2-24(26)18(25)23-16-12-20-14-8-9-15(21-17(14)22-16)19-11-10-13-6-4-3-5-7-13/h3-9,12,26H,2,10-11H2,1H3,(H2,19,21,22,23,25). The Bertz CT molecular complexity index is 889. The number of urea groups is 1. The van der Waals surface area contributed by atoms with Gasteiger partial charge in [0, 0.05) is 13.1 Å². The Labute approximate surface area is 157 Å². The zero-order valence-corrected chi connectivity index (χ0v) is 15.3. The van der Waals surface area contributed by atoms with E-state index in [-0.39, 0.29) is 6.03 Å². The summed E-state index contributed by atoms with van der Waals surface area (Å²) in [6.45, 7) is 3.06. The highest BCUT2D eigenvalue weighted by Crippen LogP contribution is 2.14. The zero-order chi connectivity index (χ0) is 18.4. The number of thiol groups is 1. The summed E-state index contributed by atoms with van der Waals surface area (Å²) in [5.74, 6) is 1.06. The second-order valence-corrected chi connectivity index (χ2v) is 6.09. The molecule has 0 saturated carbocycles. The third kappa shape index (κ3) is 4.60. The molecular formula is C18H20N6OS. The second kappa shape index (κ2) is 8.48. The van der Waals surface area contributed by atoms with E-state index in [1.54, 1.807) is 0 Å². The molecule has 0 bridgehead atoms. The van der Waals surface area contributed by atoms with Crippen LogP contribution < -0.4 is 10.6 Å². The van der Waals surface area contributed by atoms with E-state index in [1.807, 2.05) is 37.3 Å². The van der Waals surface area contributed by atoms with Crippen LogP contribution >= 0.6 is 12.8 Å². The molecule has 2 amide bonds. The molecule has 2 aromatic heterocycles. The number of aromatic nitrogens is 3. The van der Waals surface area contributed by atoms with E-state index in [0.717, 1.165) is 18.8 Å². The number of benzene rings is 1. The highest BCUT2D eigenvalue weighted by atomic mass is 32.1. The van der Waals surface area contributed by atoms with Crippen molar-refractivity contribution in [3.63, 3.8) is 0 Å². The fraction of sp³-hybridized carbons (Fsp3) is 0.222. The molecule has 26 heavy (non-hydrogen) atoms. The summed E-state index contributed by atoms with van der Waals surface area (Å²) in [5.41, 5.74) is 2.39. The SMILES string of the molecule is CCN(S)C(=O)Nc1cnc2ccc(NCCc3ccccc3)nc2n1. The van der Waals surface area contributed by atoms with Gasteiger partial charge in [-0.05, 0) is 31.0 Å². The topological polar surface area (TPSA) is 83.0 Å². The summed E-state index contributed by atoms with van der Waals surface area (Å²) < 4.78 is 1.25. The third-order valence-electron chi connectivity index (χ3n) is 3.74. The fourth-order valence-corrected chi connectivity index (χ4v) is 2.40. The second-order valence-electron chi connectivity index (χ2n) is 5.60. The first-order chi connectivity index (χ1) is 12.7. The zero-order valence-electron chi connectivity index (χ0n) is 14.4. The number of nitrogens with one attached hydrogen (secondary N) is 2. The van der Waals surface area contributed by atoms with Crippen LogP contribution in [-0.2, 0) is 6.42 Å². The lowest BCUT2D eigenvalue weighted by Crippen LogP contribution is -2.27. The van der Waals surface area contributed by atoms with E-state index in [9.17, 15) is 4.79 Å². The molecule has 3 rings (SSSR count). The summed E-state index contributed by atoms with van der Waals surface area (Å²) in [7, 11) is 0. The molecule has 0 unspecified atom stereocenters. The van der Waals surface area contributed by atoms with Crippen molar-refractivity contribution in [1.29, 1.82) is 0 Å². The highest BCUT2D eigenvalue weighted by Gasteiger charge is 2.10. The van der Waals surface area contributed by atoms with Crippen LogP contribution in [0, 0.1) is 0 Å². The van der Waals surface area contributed by atoms with Crippen LogP contribution in [0.25, 0.3) is 11.2 Å². The molecule has 134 valence electrons. The first-order valence-electron chi connectivity index (χ1n) is 8.34. The number of pyridine rings is 1. The van der Waals surface area contributed by atoms with Crippen molar-refractivity contribution in [2.75, 3.05) is 23.7 Å². The van der Waals surface area contributed by atoms with Crippen LogP contribution in [0.1, 0.15) is 12.5 Å². The van der Waals surface area contributed by atoms with Gasteiger partial charge in [-0.15, -0.1) is 0 Å². The lowest BCUT2D eigenvalue weighted by atomic mass is 10.1. The smallest absolute Gasteiger partial charge is 0.332 e. The summed E-state index contributed by atoms with van der Waals surface area (Å²) in [6, 6.07) is 13.6. The lowest BCUT2D eigenvalue weighted by molar-refractivity contribution is 0.240. The fourth-order valence-electron chi connectivity index (χ4n) is 2.35. The number of amides is 2. The van der Waals surface area contributed by atoms with Crippen molar-refractivity contribution < 1.29 is 4.79 Å². The lowest BCUT2D eigenvalue weighted by Gasteiger charge is -2.13. The quantitative estimate of drug-likeness (QED) is 0.581. The maximum atomic E-state index is 11.9. The Kier molecular flexibility index (Phi) is 5.85. The van der Waals surface area contributed by atoms with Crippen molar-refractivity contribution in [3.05, 3.63) is 54.2 Å². The van der Waals surface area contributed by atoms with Crippen LogP contribution in [0.2, 0.25) is 0 Å². The summed E-state index contributed by atoms with van der Waals surface area (Å²) in [5, 5.41) is 5.93. The van der Waals surface area contributed by atoms with Gasteiger partial charge in [0.2, 0.25) is 0 Å². The average molecular weight is 368 g/mol. The molecule has 0 radical (unpaired) electrons. The van der Waals surface area contributed by atoms with E-state index in [2.05, 4.69) is 50.5 Å². The van der Waals surface area contributed by atoms with Crippen molar-refractivity contribution in [3.8, 4) is 0 Å². The van der Waals surface area contributed by atoms with Gasteiger partial charge in [-0.1, -0.05) is 43.1 Å². The Balaban J connectivity index is 1.67. The molecule has 1 aromatic carbocycles. The van der Waals surface area contributed by atoms with Gasteiger partial charge in [0.15, 0.2) is 11.5 Å². The predicted octanol–water partition coefficient (Wildman–Crippen LogP) is 3.38. The van der Waals surface area contributed by atoms with Gasteiger partial charge >= 0.3 is 6.03 Å². The first-order valence-corrected chi connectivity index (χ1v) is 8.74. The highest BCUT2D eigenvalue weighted by molar-refractivity contribution is 7.78. The minimum Gasteiger partial charge on any atom is -0.370 e. The number of hydrogen-bond donors (Lipinski definition) is 3. The molecule has 2 N–H and O–H groups in total. The van der Waals surface area contributed by atoms with E-state index >= 15 is 0 Å². The van der Waals surface area contributed by atoms with E-state index in [1.165, 1.54) is 16.1 Å². The Morgan fingerprint density at radius 2 is 1.88 bits per heavy atom. The molecule has 0 atom stereocenters. The van der Waals surface area contributed by atoms with E-state index in [4.69, 9.17) is 0 Å². The van der Waals surface area contributed by atoms with Crippen LogP contribution in [0.4, 0.5) is 16.4 Å². The molecule has 0 aliphatic heterocycles. The Morgan fingerprint density at radius 3 is 2.65 bits per heavy atom. The number of anilines is 2. The summed E-state index contributed by atoms with van der Waals surface area (Å²) in [4.78, 5) is 25.0. The maximum absolute atomic E-state index is 11.9. The van der Waals surface area contributed by atoms with Crippen LogP contribution in [0.5, 0.6) is 0 Å². The largest absolute Gasteiger partial charge is 0.370 e. The molecule has 0 aliphatic carbocycles. The molecule has 0 spiro atoms. The number of carbonyl (C=O) groups excluding carboxylic acids is 1. The number of hydrogen-bond acceptors (Lipinski definition) is 6.